The molecular weight excluding hydrogens is 254 g/mol. The number of piperidine rings is 1. The van der Waals surface area contributed by atoms with Crippen LogP contribution in [0, 0.1) is 5.92 Å². The van der Waals surface area contributed by atoms with Gasteiger partial charge in [-0.1, -0.05) is 6.92 Å². The SMILES string of the molecule is CNCC(C)C(=O)N1CCCCC1CN1CCOCC1. The number of nitrogens with one attached hydrogen (secondary N) is 1. The molecule has 5 nitrogen and oxygen atoms in total. The molecule has 2 aliphatic rings. The fourth-order valence-electron chi connectivity index (χ4n) is 3.24. The molecule has 5 heteroatoms. The smallest absolute Gasteiger partial charge is 0.226 e. The number of carbonyl (C=O) groups is 1. The first kappa shape index (κ1) is 15.7. The van der Waals surface area contributed by atoms with E-state index in [0.29, 0.717) is 11.9 Å². The highest BCUT2D eigenvalue weighted by Crippen LogP contribution is 2.20. The zero-order valence-corrected chi connectivity index (χ0v) is 12.9. The Morgan fingerprint density at radius 1 is 1.30 bits per heavy atom. The minimum absolute atomic E-state index is 0.0743. The zero-order valence-electron chi connectivity index (χ0n) is 12.9. The molecule has 2 atom stereocenters. The quantitative estimate of drug-likeness (QED) is 0.800. The van der Waals surface area contributed by atoms with Gasteiger partial charge in [-0.2, -0.15) is 0 Å². The Morgan fingerprint density at radius 2 is 2.05 bits per heavy atom. The van der Waals surface area contributed by atoms with Crippen molar-refractivity contribution in [1.29, 1.82) is 0 Å². The van der Waals surface area contributed by atoms with Gasteiger partial charge >= 0.3 is 0 Å². The van der Waals surface area contributed by atoms with Crippen LogP contribution >= 0.6 is 0 Å². The summed E-state index contributed by atoms with van der Waals surface area (Å²) in [7, 11) is 1.91. The number of ether oxygens (including phenoxy) is 1. The van der Waals surface area contributed by atoms with Gasteiger partial charge in [-0.05, 0) is 26.3 Å². The largest absolute Gasteiger partial charge is 0.379 e. The van der Waals surface area contributed by atoms with E-state index in [1.165, 1.54) is 6.42 Å². The third-order valence-electron chi connectivity index (χ3n) is 4.41. The molecule has 1 amide bonds. The first-order valence-corrected chi connectivity index (χ1v) is 7.97. The Balaban J connectivity index is 1.91. The minimum Gasteiger partial charge on any atom is -0.379 e. The van der Waals surface area contributed by atoms with E-state index < -0.39 is 0 Å². The summed E-state index contributed by atoms with van der Waals surface area (Å²) in [6, 6.07) is 0.397. The van der Waals surface area contributed by atoms with Crippen molar-refractivity contribution in [2.45, 2.75) is 32.2 Å². The van der Waals surface area contributed by atoms with Crippen LogP contribution in [0.5, 0.6) is 0 Å². The molecule has 0 aromatic carbocycles. The van der Waals surface area contributed by atoms with E-state index >= 15 is 0 Å². The molecule has 0 aliphatic carbocycles. The van der Waals surface area contributed by atoms with Crippen molar-refractivity contribution in [3.8, 4) is 0 Å². The number of morpholine rings is 1. The molecule has 116 valence electrons. The van der Waals surface area contributed by atoms with Crippen molar-refractivity contribution in [2.75, 3.05) is 53.0 Å². The van der Waals surface area contributed by atoms with Crippen molar-refractivity contribution in [3.05, 3.63) is 0 Å². The molecule has 2 saturated heterocycles. The number of likely N-dealkylation sites (tertiary alicyclic amines) is 1. The highest BCUT2D eigenvalue weighted by Gasteiger charge is 2.30. The van der Waals surface area contributed by atoms with Gasteiger partial charge in [0.15, 0.2) is 0 Å². The molecule has 0 spiro atoms. The summed E-state index contributed by atoms with van der Waals surface area (Å²) in [5.74, 6) is 0.391. The van der Waals surface area contributed by atoms with Gasteiger partial charge in [-0.25, -0.2) is 0 Å². The predicted molar refractivity (Wildman–Crippen MR) is 79.7 cm³/mol. The second kappa shape index (κ2) is 7.96. The third-order valence-corrected chi connectivity index (χ3v) is 4.41. The lowest BCUT2D eigenvalue weighted by Gasteiger charge is -2.40. The lowest BCUT2D eigenvalue weighted by atomic mass is 9.99. The van der Waals surface area contributed by atoms with Crippen LogP contribution < -0.4 is 5.32 Å². The summed E-state index contributed by atoms with van der Waals surface area (Å²) in [6.45, 7) is 8.41. The summed E-state index contributed by atoms with van der Waals surface area (Å²) in [6.07, 6.45) is 3.55. The van der Waals surface area contributed by atoms with Crippen molar-refractivity contribution in [2.24, 2.45) is 5.92 Å². The standard InChI is InChI=1S/C15H29N3O2/c1-13(11-16-2)15(19)18-6-4-3-5-14(18)12-17-7-9-20-10-8-17/h13-14,16H,3-12H2,1-2H3. The predicted octanol–water partition coefficient (Wildman–Crippen LogP) is 0.555. The average Bonchev–Trinajstić information content (AvgIpc) is 2.48. The van der Waals surface area contributed by atoms with Crippen molar-refractivity contribution in [1.82, 2.24) is 15.1 Å². The van der Waals surface area contributed by atoms with E-state index in [9.17, 15) is 4.79 Å². The van der Waals surface area contributed by atoms with E-state index in [4.69, 9.17) is 4.74 Å². The maximum Gasteiger partial charge on any atom is 0.226 e. The summed E-state index contributed by atoms with van der Waals surface area (Å²) in [4.78, 5) is 17.2. The number of hydrogen-bond donors (Lipinski definition) is 1. The Bertz CT molecular complexity index is 305. The van der Waals surface area contributed by atoms with Crippen LogP contribution in [0.1, 0.15) is 26.2 Å². The van der Waals surface area contributed by atoms with Crippen molar-refractivity contribution >= 4 is 5.91 Å². The molecule has 1 N–H and O–H groups in total. The topological polar surface area (TPSA) is 44.8 Å². The van der Waals surface area contributed by atoms with E-state index in [1.807, 2.05) is 14.0 Å². The van der Waals surface area contributed by atoms with E-state index in [0.717, 1.165) is 58.8 Å². The number of carbonyl (C=O) groups excluding carboxylic acids is 1. The van der Waals surface area contributed by atoms with E-state index in [-0.39, 0.29) is 5.92 Å². The van der Waals surface area contributed by atoms with Gasteiger partial charge in [0.1, 0.15) is 0 Å². The Morgan fingerprint density at radius 3 is 2.75 bits per heavy atom. The van der Waals surface area contributed by atoms with Crippen LogP contribution in [0.2, 0.25) is 0 Å². The molecule has 0 aromatic heterocycles. The van der Waals surface area contributed by atoms with Gasteiger partial charge in [-0.15, -0.1) is 0 Å². The number of amides is 1. The fourth-order valence-corrected chi connectivity index (χ4v) is 3.24. The molecule has 2 heterocycles. The monoisotopic (exact) mass is 283 g/mol. The Kier molecular flexibility index (Phi) is 6.26. The lowest BCUT2D eigenvalue weighted by molar-refractivity contribution is -0.139. The highest BCUT2D eigenvalue weighted by atomic mass is 16.5. The van der Waals surface area contributed by atoms with Crippen LogP contribution in [0.15, 0.2) is 0 Å². The second-order valence-corrected chi connectivity index (χ2v) is 6.05. The van der Waals surface area contributed by atoms with Crippen molar-refractivity contribution in [3.63, 3.8) is 0 Å². The Hall–Kier alpha value is -0.650. The Labute approximate surface area is 122 Å². The van der Waals surface area contributed by atoms with Gasteiger partial charge in [0.2, 0.25) is 5.91 Å². The van der Waals surface area contributed by atoms with Gasteiger partial charge in [0.25, 0.3) is 0 Å². The van der Waals surface area contributed by atoms with Gasteiger partial charge in [0.05, 0.1) is 13.2 Å². The average molecular weight is 283 g/mol. The van der Waals surface area contributed by atoms with Crippen molar-refractivity contribution < 1.29 is 9.53 Å². The molecule has 2 aliphatic heterocycles. The molecule has 2 fully saturated rings. The second-order valence-electron chi connectivity index (χ2n) is 6.05. The molecule has 2 rings (SSSR count). The van der Waals surface area contributed by atoms with Crippen LogP contribution in [0.25, 0.3) is 0 Å². The normalized spacial score (nSPS) is 26.5. The summed E-state index contributed by atoms with van der Waals surface area (Å²) < 4.78 is 5.40. The number of hydrogen-bond acceptors (Lipinski definition) is 4. The summed E-state index contributed by atoms with van der Waals surface area (Å²) in [5, 5.41) is 3.11. The summed E-state index contributed by atoms with van der Waals surface area (Å²) >= 11 is 0. The van der Waals surface area contributed by atoms with E-state index in [2.05, 4.69) is 15.1 Å². The van der Waals surface area contributed by atoms with Crippen LogP contribution in [0.3, 0.4) is 0 Å². The number of nitrogens with zero attached hydrogens (tertiary/aromatic N) is 2. The molecule has 0 aromatic rings. The molecule has 20 heavy (non-hydrogen) atoms. The maximum absolute atomic E-state index is 12.6. The van der Waals surface area contributed by atoms with E-state index in [1.54, 1.807) is 0 Å². The molecule has 0 bridgehead atoms. The number of rotatable bonds is 5. The van der Waals surface area contributed by atoms with Gasteiger partial charge in [-0.3, -0.25) is 9.69 Å². The fraction of sp³-hybridized carbons (Fsp3) is 0.933. The lowest BCUT2D eigenvalue weighted by Crippen LogP contribution is -2.53. The van der Waals surface area contributed by atoms with Crippen LogP contribution in [-0.4, -0.2) is 74.7 Å². The van der Waals surface area contributed by atoms with Crippen LogP contribution in [0.4, 0.5) is 0 Å². The first-order valence-electron chi connectivity index (χ1n) is 7.97. The van der Waals surface area contributed by atoms with Gasteiger partial charge < -0.3 is 15.0 Å². The third kappa shape index (κ3) is 4.17. The minimum atomic E-state index is 0.0743. The molecule has 2 unspecified atom stereocenters. The first-order chi connectivity index (χ1) is 9.72. The highest BCUT2D eigenvalue weighted by molar-refractivity contribution is 5.79. The molecule has 0 radical (unpaired) electrons. The zero-order chi connectivity index (χ0) is 14.4. The molecular formula is C15H29N3O2. The molecule has 0 saturated carbocycles. The van der Waals surface area contributed by atoms with Gasteiger partial charge in [0, 0.05) is 44.7 Å². The van der Waals surface area contributed by atoms with Crippen LogP contribution in [-0.2, 0) is 9.53 Å². The maximum atomic E-state index is 12.6. The summed E-state index contributed by atoms with van der Waals surface area (Å²) in [5.41, 5.74) is 0.